The van der Waals surface area contributed by atoms with Crippen molar-refractivity contribution in [2.75, 3.05) is 11.1 Å². The van der Waals surface area contributed by atoms with Crippen LogP contribution in [0.15, 0.2) is 78.0 Å². The molecule has 0 aliphatic heterocycles. The lowest BCUT2D eigenvalue weighted by Gasteiger charge is -2.19. The summed E-state index contributed by atoms with van der Waals surface area (Å²) in [6, 6.07) is 24.7. The summed E-state index contributed by atoms with van der Waals surface area (Å²) in [5, 5.41) is 12.6. The van der Waals surface area contributed by atoms with Crippen LogP contribution in [0.25, 0.3) is 17.1 Å². The molecule has 4 rings (SSSR count). The molecule has 5 nitrogen and oxygen atoms in total. The molecule has 180 valence electrons. The van der Waals surface area contributed by atoms with Crippen LogP contribution >= 0.6 is 11.8 Å². The van der Waals surface area contributed by atoms with E-state index in [-0.39, 0.29) is 17.1 Å². The molecule has 0 radical (unpaired) electrons. The van der Waals surface area contributed by atoms with Crippen LogP contribution in [-0.4, -0.2) is 26.4 Å². The van der Waals surface area contributed by atoms with Gasteiger partial charge < -0.3 is 5.32 Å². The van der Waals surface area contributed by atoms with E-state index >= 15 is 0 Å². The molecule has 0 atom stereocenters. The van der Waals surface area contributed by atoms with E-state index in [1.165, 1.54) is 28.5 Å². The summed E-state index contributed by atoms with van der Waals surface area (Å²) in [6.45, 7) is 10.8. The van der Waals surface area contributed by atoms with E-state index in [1.807, 2.05) is 28.8 Å². The van der Waals surface area contributed by atoms with Gasteiger partial charge in [0, 0.05) is 16.9 Å². The maximum atomic E-state index is 12.7. The minimum Gasteiger partial charge on any atom is -0.325 e. The maximum absolute atomic E-state index is 12.7. The van der Waals surface area contributed by atoms with Crippen molar-refractivity contribution in [1.29, 1.82) is 0 Å². The van der Waals surface area contributed by atoms with Gasteiger partial charge in [-0.25, -0.2) is 0 Å². The van der Waals surface area contributed by atoms with Crippen LogP contribution in [0.2, 0.25) is 0 Å². The molecule has 0 aliphatic carbocycles. The van der Waals surface area contributed by atoms with Gasteiger partial charge in [-0.05, 0) is 54.2 Å². The van der Waals surface area contributed by atoms with Gasteiger partial charge >= 0.3 is 0 Å². The number of nitrogens with zero attached hydrogens (tertiary/aromatic N) is 3. The smallest absolute Gasteiger partial charge is 0.234 e. The van der Waals surface area contributed by atoms with Crippen LogP contribution in [0, 0.1) is 6.92 Å². The van der Waals surface area contributed by atoms with Crippen molar-refractivity contribution in [3.63, 3.8) is 0 Å². The summed E-state index contributed by atoms with van der Waals surface area (Å²) >= 11 is 1.38. The second-order valence-corrected chi connectivity index (χ2v) is 10.6. The topological polar surface area (TPSA) is 59.8 Å². The number of anilines is 1. The molecule has 0 aliphatic rings. The lowest BCUT2D eigenvalue weighted by molar-refractivity contribution is -0.113. The highest BCUT2D eigenvalue weighted by Gasteiger charge is 2.19. The van der Waals surface area contributed by atoms with Gasteiger partial charge in [0.05, 0.1) is 5.75 Å². The maximum Gasteiger partial charge on any atom is 0.234 e. The van der Waals surface area contributed by atoms with Crippen LogP contribution in [-0.2, 0) is 16.6 Å². The highest BCUT2D eigenvalue weighted by molar-refractivity contribution is 7.99. The number of aryl methyl sites for hydroxylation is 2. The number of rotatable bonds is 7. The van der Waals surface area contributed by atoms with Crippen LogP contribution < -0.4 is 5.32 Å². The third-order valence-corrected chi connectivity index (χ3v) is 6.84. The van der Waals surface area contributed by atoms with Crippen molar-refractivity contribution in [3.8, 4) is 17.1 Å². The van der Waals surface area contributed by atoms with E-state index in [9.17, 15) is 4.79 Å². The number of nitrogens with one attached hydrogen (secondary N) is 1. The molecule has 35 heavy (non-hydrogen) atoms. The average Bonchev–Trinajstić information content (AvgIpc) is 3.27. The minimum atomic E-state index is -0.0752. The molecular weight excluding hydrogens is 452 g/mol. The Morgan fingerprint density at radius 3 is 2.17 bits per heavy atom. The summed E-state index contributed by atoms with van der Waals surface area (Å²) in [6.07, 6.45) is 0.972. The third-order valence-electron chi connectivity index (χ3n) is 5.91. The molecule has 3 aromatic carbocycles. The van der Waals surface area contributed by atoms with Crippen molar-refractivity contribution in [2.45, 2.75) is 51.6 Å². The Kier molecular flexibility index (Phi) is 7.41. The predicted molar refractivity (Wildman–Crippen MR) is 145 cm³/mol. The first-order valence-corrected chi connectivity index (χ1v) is 12.9. The fourth-order valence-corrected chi connectivity index (χ4v) is 4.50. The number of thioether (sulfide) groups is 1. The number of amides is 1. The number of carbonyl (C=O) groups excluding carboxylic acids is 1. The number of hydrogen-bond donors (Lipinski definition) is 1. The monoisotopic (exact) mass is 484 g/mol. The molecule has 0 saturated heterocycles. The van der Waals surface area contributed by atoms with E-state index in [4.69, 9.17) is 0 Å². The summed E-state index contributed by atoms with van der Waals surface area (Å²) in [5.74, 6) is 0.920. The molecule has 1 aromatic heterocycles. The highest BCUT2D eigenvalue weighted by Crippen LogP contribution is 2.30. The molecule has 0 bridgehead atoms. The second kappa shape index (κ2) is 10.5. The Labute approximate surface area is 212 Å². The van der Waals surface area contributed by atoms with E-state index in [0.29, 0.717) is 5.16 Å². The van der Waals surface area contributed by atoms with Gasteiger partial charge in [0.1, 0.15) is 0 Å². The molecule has 0 unspecified atom stereocenters. The molecule has 1 N–H and O–H groups in total. The van der Waals surface area contributed by atoms with Gasteiger partial charge in [0.25, 0.3) is 0 Å². The SMILES string of the molecule is CCc1ccc(NC(=O)CSc2nnc(-c3ccc(C(C)(C)C)cc3)n2-c2ccc(C)cc2)cc1. The first-order chi connectivity index (χ1) is 16.7. The summed E-state index contributed by atoms with van der Waals surface area (Å²) in [4.78, 5) is 12.7. The molecule has 6 heteroatoms. The molecular formula is C29H32N4OS. The van der Waals surface area contributed by atoms with Gasteiger partial charge in [-0.1, -0.05) is 93.6 Å². The largest absolute Gasteiger partial charge is 0.325 e. The van der Waals surface area contributed by atoms with Crippen LogP contribution in [0.4, 0.5) is 5.69 Å². The Balaban J connectivity index is 1.58. The Morgan fingerprint density at radius 1 is 0.914 bits per heavy atom. The number of aromatic nitrogens is 3. The van der Waals surface area contributed by atoms with Crippen molar-refractivity contribution >= 4 is 23.4 Å². The Hall–Kier alpha value is -3.38. The van der Waals surface area contributed by atoms with Crippen molar-refractivity contribution in [3.05, 3.63) is 89.5 Å². The zero-order chi connectivity index (χ0) is 25.0. The van der Waals surface area contributed by atoms with Crippen molar-refractivity contribution in [1.82, 2.24) is 14.8 Å². The molecule has 1 heterocycles. The van der Waals surface area contributed by atoms with Gasteiger partial charge in [0.15, 0.2) is 11.0 Å². The lowest BCUT2D eigenvalue weighted by Crippen LogP contribution is -2.14. The van der Waals surface area contributed by atoms with E-state index < -0.39 is 0 Å². The zero-order valence-electron chi connectivity index (χ0n) is 21.0. The van der Waals surface area contributed by atoms with Gasteiger partial charge in [-0.3, -0.25) is 9.36 Å². The standard InChI is InChI=1S/C29H32N4OS/c1-6-21-9-15-24(16-10-21)30-26(34)19-35-28-32-31-27(33(28)25-17-7-20(2)8-18-25)22-11-13-23(14-12-22)29(3,4)5/h7-18H,6,19H2,1-5H3,(H,30,34). The fraction of sp³-hybridized carbons (Fsp3) is 0.276. The first-order valence-electron chi connectivity index (χ1n) is 11.9. The summed E-state index contributed by atoms with van der Waals surface area (Å²) in [7, 11) is 0. The quantitative estimate of drug-likeness (QED) is 0.292. The number of benzene rings is 3. The molecule has 0 spiro atoms. The normalized spacial score (nSPS) is 11.5. The summed E-state index contributed by atoms with van der Waals surface area (Å²) < 4.78 is 2.03. The van der Waals surface area contributed by atoms with E-state index in [0.717, 1.165) is 29.2 Å². The molecule has 4 aromatic rings. The Bertz CT molecular complexity index is 1280. The third kappa shape index (κ3) is 6.01. The summed E-state index contributed by atoms with van der Waals surface area (Å²) in [5.41, 5.74) is 6.52. The van der Waals surface area contributed by atoms with Crippen molar-refractivity contribution < 1.29 is 4.79 Å². The number of hydrogen-bond acceptors (Lipinski definition) is 4. The van der Waals surface area contributed by atoms with Gasteiger partial charge in [0.2, 0.25) is 5.91 Å². The molecule has 0 fully saturated rings. The average molecular weight is 485 g/mol. The van der Waals surface area contributed by atoms with E-state index in [2.05, 4.69) is 98.7 Å². The van der Waals surface area contributed by atoms with Gasteiger partial charge in [-0.15, -0.1) is 10.2 Å². The zero-order valence-corrected chi connectivity index (χ0v) is 21.8. The first kappa shape index (κ1) is 24.7. The van der Waals surface area contributed by atoms with Crippen LogP contribution in [0.3, 0.4) is 0 Å². The fourth-order valence-electron chi connectivity index (χ4n) is 3.75. The minimum absolute atomic E-state index is 0.0752. The van der Waals surface area contributed by atoms with Crippen LogP contribution in [0.1, 0.15) is 44.4 Å². The molecule has 0 saturated carbocycles. The van der Waals surface area contributed by atoms with Crippen molar-refractivity contribution in [2.24, 2.45) is 0 Å². The second-order valence-electron chi connectivity index (χ2n) is 9.69. The van der Waals surface area contributed by atoms with E-state index in [1.54, 1.807) is 0 Å². The molecule has 1 amide bonds. The van der Waals surface area contributed by atoms with Crippen LogP contribution in [0.5, 0.6) is 0 Å². The lowest BCUT2D eigenvalue weighted by atomic mass is 9.87. The van der Waals surface area contributed by atoms with Gasteiger partial charge in [-0.2, -0.15) is 0 Å². The Morgan fingerprint density at radius 2 is 1.57 bits per heavy atom. The highest BCUT2D eigenvalue weighted by atomic mass is 32.2. The predicted octanol–water partition coefficient (Wildman–Crippen LogP) is 6.83. The number of carbonyl (C=O) groups is 1.